The second kappa shape index (κ2) is 8.18. The molecule has 0 aromatic carbocycles. The van der Waals surface area contributed by atoms with E-state index in [9.17, 15) is 52.5 Å². The van der Waals surface area contributed by atoms with Crippen LogP contribution in [-0.2, 0) is 14.9 Å². The minimum absolute atomic E-state index is 0.126. The van der Waals surface area contributed by atoms with Gasteiger partial charge in [-0.15, -0.1) is 0 Å². The van der Waals surface area contributed by atoms with Gasteiger partial charge in [0.2, 0.25) is 0 Å². The molecule has 1 aromatic rings. The lowest BCUT2D eigenvalue weighted by atomic mass is 10.1. The summed E-state index contributed by atoms with van der Waals surface area (Å²) in [5.74, 6) is -14.8. The number of hydrogen-bond donors (Lipinski definition) is 0. The zero-order valence-corrected chi connectivity index (χ0v) is 14.2. The van der Waals surface area contributed by atoms with Crippen LogP contribution in [0.25, 0.3) is 0 Å². The highest BCUT2D eigenvalue weighted by atomic mass is 32.2. The van der Waals surface area contributed by atoms with Crippen LogP contribution in [0.15, 0.2) is 30.6 Å². The third-order valence-corrected chi connectivity index (χ3v) is 3.81. The van der Waals surface area contributed by atoms with Crippen LogP contribution < -0.4 is 4.57 Å². The topological polar surface area (TPSA) is 70.3 Å². The summed E-state index contributed by atoms with van der Waals surface area (Å²) < 4.78 is 143. The summed E-state index contributed by atoms with van der Waals surface area (Å²) in [4.78, 5) is 0. The van der Waals surface area contributed by atoms with Crippen molar-refractivity contribution in [3.63, 3.8) is 0 Å². The average molecular weight is 437 g/mol. The zero-order valence-electron chi connectivity index (χ0n) is 13.4. The first-order valence-electron chi connectivity index (χ1n) is 6.48. The Morgan fingerprint density at radius 3 is 1.59 bits per heavy atom. The lowest BCUT2D eigenvalue weighted by Gasteiger charge is -2.34. The molecule has 15 heteroatoms. The van der Waals surface area contributed by atoms with Gasteiger partial charge < -0.3 is 9.29 Å². The standard InChI is InChI=1S/C8H12NO.C4HF9O3S/c1-8(10-2)9-6-4-3-5-7-9;5-1(6,3(9,10)11)2(7,8)4(12,13)17(14,15)16/h3-8H,1-2H3;(H,14,15,16)/q+1;/p-1. The first-order valence-corrected chi connectivity index (χ1v) is 7.89. The Labute approximate surface area is 147 Å². The van der Waals surface area contributed by atoms with Gasteiger partial charge >= 0.3 is 23.3 Å². The number of aromatic nitrogens is 1. The Kier molecular flexibility index (Phi) is 7.69. The number of halogens is 9. The Morgan fingerprint density at radius 2 is 1.30 bits per heavy atom. The molecule has 0 aliphatic rings. The van der Waals surface area contributed by atoms with E-state index in [0.29, 0.717) is 0 Å². The fourth-order valence-electron chi connectivity index (χ4n) is 1.29. The molecule has 158 valence electrons. The average Bonchev–Trinajstić information content (AvgIpc) is 2.53. The van der Waals surface area contributed by atoms with Crippen molar-refractivity contribution in [3.05, 3.63) is 30.6 Å². The predicted octanol–water partition coefficient (Wildman–Crippen LogP) is 3.10. The summed E-state index contributed by atoms with van der Waals surface area (Å²) in [5.41, 5.74) is 0. The summed E-state index contributed by atoms with van der Waals surface area (Å²) in [7, 11) is -5.72. The molecule has 0 saturated heterocycles. The molecule has 0 saturated carbocycles. The van der Waals surface area contributed by atoms with Crippen LogP contribution in [0.5, 0.6) is 0 Å². The normalized spacial score (nSPS) is 15.0. The van der Waals surface area contributed by atoms with E-state index in [1.807, 2.05) is 42.1 Å². The summed E-state index contributed by atoms with van der Waals surface area (Å²) in [6.07, 6.45) is -3.08. The molecule has 0 fully saturated rings. The minimum atomic E-state index is -7.43. The van der Waals surface area contributed by atoms with Crippen molar-refractivity contribution in [2.24, 2.45) is 0 Å². The summed E-state index contributed by atoms with van der Waals surface area (Å²) in [6, 6.07) is 5.95. The quantitative estimate of drug-likeness (QED) is 0.403. The van der Waals surface area contributed by atoms with Gasteiger partial charge in [-0.25, -0.2) is 8.42 Å². The molecule has 0 spiro atoms. The molecular weight excluding hydrogens is 425 g/mol. The molecule has 0 aliphatic heterocycles. The van der Waals surface area contributed by atoms with Gasteiger partial charge in [-0.2, -0.15) is 44.1 Å². The van der Waals surface area contributed by atoms with E-state index in [0.717, 1.165) is 0 Å². The number of pyridine rings is 1. The van der Waals surface area contributed by atoms with Gasteiger partial charge in [-0.05, 0) is 0 Å². The maximum absolute atomic E-state index is 12.2. The highest BCUT2D eigenvalue weighted by molar-refractivity contribution is 7.86. The van der Waals surface area contributed by atoms with Crippen molar-refractivity contribution >= 4 is 10.1 Å². The number of alkyl halides is 9. The van der Waals surface area contributed by atoms with Gasteiger partial charge in [0.1, 0.15) is 0 Å². The highest BCUT2D eigenvalue weighted by Gasteiger charge is 2.83. The SMILES string of the molecule is COC(C)[n+]1ccccc1.O=S(=O)([O-])C(F)(F)C(F)(F)C(F)(F)C(F)(F)F. The lowest BCUT2D eigenvalue weighted by Crippen LogP contribution is -2.63. The van der Waals surface area contributed by atoms with Crippen LogP contribution in [0.2, 0.25) is 0 Å². The van der Waals surface area contributed by atoms with E-state index in [1.165, 1.54) is 0 Å². The van der Waals surface area contributed by atoms with Crippen molar-refractivity contribution in [3.8, 4) is 0 Å². The number of rotatable bonds is 5. The van der Waals surface area contributed by atoms with Gasteiger partial charge in [0.25, 0.3) is 6.23 Å². The third-order valence-electron chi connectivity index (χ3n) is 2.93. The molecule has 1 rings (SSSR count). The van der Waals surface area contributed by atoms with E-state index >= 15 is 0 Å². The molecule has 1 unspecified atom stereocenters. The van der Waals surface area contributed by atoms with Gasteiger partial charge in [-0.1, -0.05) is 6.07 Å². The summed E-state index contributed by atoms with van der Waals surface area (Å²) in [6.45, 7) is 2.00. The molecule has 1 aromatic heterocycles. The number of nitrogens with zero attached hydrogens (tertiary/aromatic N) is 1. The van der Waals surface area contributed by atoms with Gasteiger partial charge in [-0.3, -0.25) is 0 Å². The van der Waals surface area contributed by atoms with Crippen molar-refractivity contribution in [1.29, 1.82) is 0 Å². The Hall–Kier alpha value is -1.61. The van der Waals surface area contributed by atoms with Crippen molar-refractivity contribution < 1.29 is 61.8 Å². The fraction of sp³-hybridized carbons (Fsp3) is 0.583. The summed E-state index contributed by atoms with van der Waals surface area (Å²) in [5, 5.41) is -7.11. The van der Waals surface area contributed by atoms with Crippen LogP contribution in [0.4, 0.5) is 39.5 Å². The first-order chi connectivity index (χ1) is 11.8. The molecule has 0 bridgehead atoms. The zero-order chi connectivity index (χ0) is 21.9. The molecule has 27 heavy (non-hydrogen) atoms. The van der Waals surface area contributed by atoms with Gasteiger partial charge in [0.15, 0.2) is 22.5 Å². The molecule has 5 nitrogen and oxygen atoms in total. The van der Waals surface area contributed by atoms with Crippen LogP contribution in [0, 0.1) is 0 Å². The Balaban J connectivity index is 0.000000569. The predicted molar refractivity (Wildman–Crippen MR) is 69.0 cm³/mol. The second-order valence-electron chi connectivity index (χ2n) is 4.78. The van der Waals surface area contributed by atoms with Crippen molar-refractivity contribution in [1.82, 2.24) is 0 Å². The highest BCUT2D eigenvalue weighted by Crippen LogP contribution is 2.54. The minimum Gasteiger partial charge on any atom is -0.743 e. The maximum Gasteiger partial charge on any atom is 0.460 e. The maximum atomic E-state index is 12.2. The van der Waals surface area contributed by atoms with E-state index in [4.69, 9.17) is 4.74 Å². The Morgan fingerprint density at radius 1 is 0.889 bits per heavy atom. The largest absolute Gasteiger partial charge is 0.743 e. The monoisotopic (exact) mass is 437 g/mol. The third kappa shape index (κ3) is 5.22. The number of ether oxygens (including phenoxy) is 1. The van der Waals surface area contributed by atoms with Crippen molar-refractivity contribution in [2.75, 3.05) is 7.11 Å². The van der Waals surface area contributed by atoms with E-state index in [1.54, 1.807) is 7.11 Å². The lowest BCUT2D eigenvalue weighted by molar-refractivity contribution is -0.757. The molecular formula is C12H12F9NO4S. The molecule has 1 atom stereocenters. The molecule has 1 heterocycles. The second-order valence-corrected chi connectivity index (χ2v) is 6.20. The van der Waals surface area contributed by atoms with Crippen LogP contribution in [-0.4, -0.2) is 43.4 Å². The molecule has 0 aliphatic carbocycles. The fourth-order valence-corrected chi connectivity index (χ4v) is 1.74. The molecule has 0 amide bonds. The Bertz CT molecular complexity index is 707. The van der Waals surface area contributed by atoms with E-state index in [-0.39, 0.29) is 6.23 Å². The smallest absolute Gasteiger partial charge is 0.460 e. The first kappa shape index (κ1) is 25.4. The molecule has 0 radical (unpaired) electrons. The van der Waals surface area contributed by atoms with Crippen LogP contribution >= 0.6 is 0 Å². The van der Waals surface area contributed by atoms with E-state index in [2.05, 4.69) is 0 Å². The molecule has 0 N–H and O–H groups in total. The number of methoxy groups -OCH3 is 1. The van der Waals surface area contributed by atoms with Crippen LogP contribution in [0.1, 0.15) is 13.2 Å². The van der Waals surface area contributed by atoms with Crippen molar-refractivity contribution in [2.45, 2.75) is 36.4 Å². The van der Waals surface area contributed by atoms with Gasteiger partial charge in [0, 0.05) is 26.2 Å². The van der Waals surface area contributed by atoms with Gasteiger partial charge in [0.05, 0.1) is 0 Å². The summed E-state index contributed by atoms with van der Waals surface area (Å²) >= 11 is 0. The van der Waals surface area contributed by atoms with Crippen LogP contribution in [0.3, 0.4) is 0 Å². The number of hydrogen-bond acceptors (Lipinski definition) is 4. The van der Waals surface area contributed by atoms with E-state index < -0.39 is 33.4 Å².